The minimum absolute atomic E-state index is 0. The number of fused-ring (bicyclic) bond motifs is 1. The van der Waals surface area contributed by atoms with Crippen molar-refractivity contribution in [3.05, 3.63) is 105 Å². The minimum Gasteiger partial charge on any atom is -0.385 e. The number of likely N-dealkylation sites (tertiary alicyclic amines) is 1. The molecule has 0 bridgehead atoms. The summed E-state index contributed by atoms with van der Waals surface area (Å²) in [6.07, 6.45) is 2.27. The molecule has 0 radical (unpaired) electrons. The van der Waals surface area contributed by atoms with Crippen LogP contribution in [0.1, 0.15) is 58.3 Å². The number of aliphatic hydroxyl groups is 1. The van der Waals surface area contributed by atoms with Gasteiger partial charge in [0.1, 0.15) is 0 Å². The molecule has 1 N–H and O–H groups in total. The fraction of sp³-hybridized carbons (Fsp3) is 0.345. The summed E-state index contributed by atoms with van der Waals surface area (Å²) in [5, 5.41) is 12.3. The lowest BCUT2D eigenvalue weighted by molar-refractivity contribution is -0.0266. The van der Waals surface area contributed by atoms with Crippen molar-refractivity contribution in [3.63, 3.8) is 0 Å². The van der Waals surface area contributed by atoms with Crippen LogP contribution in [0.5, 0.6) is 0 Å². The lowest BCUT2D eigenvalue weighted by Gasteiger charge is -2.39. The van der Waals surface area contributed by atoms with E-state index in [9.17, 15) is 9.90 Å². The molecule has 5 rings (SSSR count). The van der Waals surface area contributed by atoms with Gasteiger partial charge in [-0.05, 0) is 60.7 Å². The van der Waals surface area contributed by atoms with Crippen molar-refractivity contribution in [2.75, 3.05) is 26.7 Å². The first kappa shape index (κ1) is 27.0. The van der Waals surface area contributed by atoms with Gasteiger partial charge >= 0.3 is 0 Å². The van der Waals surface area contributed by atoms with E-state index in [-0.39, 0.29) is 30.3 Å². The van der Waals surface area contributed by atoms with Crippen LogP contribution in [0, 0.1) is 0 Å². The molecule has 2 unspecified atom stereocenters. The predicted octanol–water partition coefficient (Wildman–Crippen LogP) is 6.70. The zero-order valence-corrected chi connectivity index (χ0v) is 22.6. The number of amides is 1. The molecule has 4 nitrogen and oxygen atoms in total. The second-order valence-electron chi connectivity index (χ2n) is 9.76. The van der Waals surface area contributed by atoms with Crippen molar-refractivity contribution in [3.8, 4) is 0 Å². The molecule has 2 aliphatic heterocycles. The molecule has 0 spiro atoms. The maximum Gasteiger partial charge on any atom is 0.254 e. The third kappa shape index (κ3) is 5.16. The number of nitrogens with zero attached hydrogens (tertiary/aromatic N) is 2. The zero-order valence-electron chi connectivity index (χ0n) is 20.2. The second kappa shape index (κ2) is 11.1. The molecule has 2 atom stereocenters. The van der Waals surface area contributed by atoms with Crippen LogP contribution in [0.25, 0.3) is 0 Å². The van der Waals surface area contributed by atoms with Gasteiger partial charge in [0.25, 0.3) is 5.91 Å². The van der Waals surface area contributed by atoms with Gasteiger partial charge in [-0.1, -0.05) is 77.8 Å². The summed E-state index contributed by atoms with van der Waals surface area (Å²) in [5.41, 5.74) is 3.15. The smallest absolute Gasteiger partial charge is 0.254 e. The Hall–Kier alpha value is -2.08. The Kier molecular flexibility index (Phi) is 8.33. The van der Waals surface area contributed by atoms with Crippen LogP contribution >= 0.6 is 35.6 Å². The topological polar surface area (TPSA) is 43.8 Å². The van der Waals surface area contributed by atoms with E-state index >= 15 is 0 Å². The number of rotatable bonds is 6. The van der Waals surface area contributed by atoms with Crippen molar-refractivity contribution in [1.82, 2.24) is 9.80 Å². The summed E-state index contributed by atoms with van der Waals surface area (Å²) in [4.78, 5) is 17.3. The Morgan fingerprint density at radius 3 is 2.33 bits per heavy atom. The van der Waals surface area contributed by atoms with Crippen molar-refractivity contribution >= 4 is 41.5 Å². The third-order valence-electron chi connectivity index (χ3n) is 7.75. The second-order valence-corrected chi connectivity index (χ2v) is 10.6. The molecule has 3 aromatic rings. The molecule has 1 fully saturated rings. The molecule has 190 valence electrons. The van der Waals surface area contributed by atoms with Crippen LogP contribution in [0.15, 0.2) is 72.8 Å². The molecule has 0 aromatic heterocycles. The van der Waals surface area contributed by atoms with E-state index in [0.717, 1.165) is 48.3 Å². The number of piperidine rings is 1. The Morgan fingerprint density at radius 1 is 0.972 bits per heavy atom. The van der Waals surface area contributed by atoms with Crippen molar-refractivity contribution in [2.45, 2.75) is 36.8 Å². The average Bonchev–Trinajstić information content (AvgIpc) is 3.13. The number of benzene rings is 3. The summed E-state index contributed by atoms with van der Waals surface area (Å²) < 4.78 is 0. The molecule has 0 aliphatic carbocycles. The van der Waals surface area contributed by atoms with Gasteiger partial charge in [-0.25, -0.2) is 0 Å². The Labute approximate surface area is 229 Å². The maximum absolute atomic E-state index is 13.0. The largest absolute Gasteiger partial charge is 0.385 e. The number of halogens is 3. The highest BCUT2D eigenvalue weighted by molar-refractivity contribution is 6.42. The van der Waals surface area contributed by atoms with Crippen LogP contribution in [-0.4, -0.2) is 47.5 Å². The van der Waals surface area contributed by atoms with Crippen LogP contribution in [0.4, 0.5) is 0 Å². The summed E-state index contributed by atoms with van der Waals surface area (Å²) in [6, 6.07) is 23.6. The first-order chi connectivity index (χ1) is 16.9. The summed E-state index contributed by atoms with van der Waals surface area (Å²) >= 11 is 12.6. The van der Waals surface area contributed by atoms with Crippen molar-refractivity contribution in [1.29, 1.82) is 0 Å². The Balaban J connectivity index is 0.00000304. The molecular weight excluding hydrogens is 515 g/mol. The Morgan fingerprint density at radius 2 is 1.64 bits per heavy atom. The lowest BCUT2D eigenvalue weighted by Crippen LogP contribution is -2.43. The first-order valence-electron chi connectivity index (χ1n) is 12.2. The zero-order chi connectivity index (χ0) is 24.6. The minimum atomic E-state index is -0.766. The standard InChI is InChI=1S/C29H30Cl2N2O2.ClH/c1-32-27(23-9-5-6-10-24(23)28(32)34)22(20-11-12-25(30)26(31)19-20)13-16-33-17-14-29(35,15-18-33)21-7-3-2-4-8-21;/h2-12,19,22,27,35H,13-18H2,1H3;1H. The highest BCUT2D eigenvalue weighted by atomic mass is 35.5. The quantitative estimate of drug-likeness (QED) is 0.375. The number of hydrogen-bond donors (Lipinski definition) is 1. The van der Waals surface area contributed by atoms with Gasteiger partial charge in [-0.2, -0.15) is 0 Å². The van der Waals surface area contributed by atoms with Gasteiger partial charge in [-0.3, -0.25) is 4.79 Å². The highest BCUT2D eigenvalue weighted by Gasteiger charge is 2.40. The highest BCUT2D eigenvalue weighted by Crippen LogP contribution is 2.45. The van der Waals surface area contributed by atoms with Crippen LogP contribution in [0.2, 0.25) is 10.0 Å². The van der Waals surface area contributed by atoms with E-state index in [4.69, 9.17) is 23.2 Å². The first-order valence-corrected chi connectivity index (χ1v) is 12.9. The SMILES string of the molecule is CN1C(=O)c2ccccc2C1C(CCN1CCC(O)(c2ccccc2)CC1)c1ccc(Cl)c(Cl)c1.Cl. The van der Waals surface area contributed by atoms with Gasteiger partial charge in [0, 0.05) is 31.6 Å². The summed E-state index contributed by atoms with van der Waals surface area (Å²) in [7, 11) is 1.89. The predicted molar refractivity (Wildman–Crippen MR) is 148 cm³/mol. The molecule has 36 heavy (non-hydrogen) atoms. The van der Waals surface area contributed by atoms with Gasteiger partial charge in [-0.15, -0.1) is 12.4 Å². The van der Waals surface area contributed by atoms with Gasteiger partial charge < -0.3 is 14.9 Å². The number of carbonyl (C=O) groups is 1. The Bertz CT molecular complexity index is 1210. The van der Waals surface area contributed by atoms with E-state index in [1.807, 2.05) is 78.7 Å². The van der Waals surface area contributed by atoms with Gasteiger partial charge in [0.2, 0.25) is 0 Å². The normalized spacial score (nSPS) is 20.1. The molecule has 3 aromatic carbocycles. The summed E-state index contributed by atoms with van der Waals surface area (Å²) in [6.45, 7) is 2.53. The lowest BCUT2D eigenvalue weighted by atomic mass is 9.83. The summed E-state index contributed by atoms with van der Waals surface area (Å²) in [5.74, 6) is 0.124. The average molecular weight is 546 g/mol. The van der Waals surface area contributed by atoms with Gasteiger partial charge in [0.05, 0.1) is 21.7 Å². The van der Waals surface area contributed by atoms with E-state index in [1.54, 1.807) is 0 Å². The monoisotopic (exact) mass is 544 g/mol. The van der Waals surface area contributed by atoms with Crippen LogP contribution < -0.4 is 0 Å². The van der Waals surface area contributed by atoms with E-state index < -0.39 is 5.60 Å². The van der Waals surface area contributed by atoms with Crippen molar-refractivity contribution < 1.29 is 9.90 Å². The number of hydrogen-bond acceptors (Lipinski definition) is 3. The third-order valence-corrected chi connectivity index (χ3v) is 8.49. The van der Waals surface area contributed by atoms with E-state index in [2.05, 4.69) is 11.0 Å². The molecule has 2 aliphatic rings. The molecule has 1 amide bonds. The fourth-order valence-electron chi connectivity index (χ4n) is 5.72. The number of carbonyl (C=O) groups excluding carboxylic acids is 1. The molecule has 7 heteroatoms. The molecular formula is C29H31Cl3N2O2. The van der Waals surface area contributed by atoms with E-state index in [0.29, 0.717) is 22.9 Å². The fourth-order valence-corrected chi connectivity index (χ4v) is 6.02. The maximum atomic E-state index is 13.0. The molecule has 2 heterocycles. The van der Waals surface area contributed by atoms with E-state index in [1.165, 1.54) is 0 Å². The molecule has 1 saturated heterocycles. The van der Waals surface area contributed by atoms with Crippen LogP contribution in [0.3, 0.4) is 0 Å². The molecule has 0 saturated carbocycles. The van der Waals surface area contributed by atoms with Crippen molar-refractivity contribution in [2.24, 2.45) is 0 Å². The number of likely N-dealkylation sites (N-methyl/N-ethyl adjacent to an activating group) is 1. The van der Waals surface area contributed by atoms with Crippen LogP contribution in [-0.2, 0) is 5.60 Å². The van der Waals surface area contributed by atoms with Gasteiger partial charge in [0.15, 0.2) is 0 Å².